The zero-order valence-electron chi connectivity index (χ0n) is 12.0. The van der Waals surface area contributed by atoms with Crippen molar-refractivity contribution >= 4 is 21.6 Å². The van der Waals surface area contributed by atoms with Crippen molar-refractivity contribution < 1.29 is 0 Å². The van der Waals surface area contributed by atoms with Crippen LogP contribution in [0.1, 0.15) is 35.1 Å². The fourth-order valence-electron chi connectivity index (χ4n) is 3.67. The van der Waals surface area contributed by atoms with Crippen molar-refractivity contribution in [2.24, 2.45) is 5.92 Å². The average molecular weight is 340 g/mol. The van der Waals surface area contributed by atoms with E-state index in [1.807, 2.05) is 0 Å². The molecule has 4 rings (SSSR count). The third kappa shape index (κ3) is 2.22. The van der Waals surface area contributed by atoms with Crippen molar-refractivity contribution in [1.82, 2.24) is 0 Å². The third-order valence-electron chi connectivity index (χ3n) is 4.76. The molecular weight excluding hydrogens is 322 g/mol. The molecule has 3 unspecified atom stereocenters. The summed E-state index contributed by atoms with van der Waals surface area (Å²) in [5.41, 5.74) is 5.41. The zero-order chi connectivity index (χ0) is 14.4. The van der Waals surface area contributed by atoms with Gasteiger partial charge in [0.15, 0.2) is 0 Å². The largest absolute Gasteiger partial charge is 0.378 e. The standard InChI is InChI=1S/C19H18BrN/c1-12-5-7-13(8-6-12)19-16-4-2-3-15(16)17-11-14(20)9-10-18(17)21-19/h2-3,5-11,15-16,19,21H,4H2,1H3. The number of halogens is 1. The van der Waals surface area contributed by atoms with Crippen molar-refractivity contribution in [3.05, 3.63) is 75.8 Å². The van der Waals surface area contributed by atoms with Crippen LogP contribution in [0.3, 0.4) is 0 Å². The van der Waals surface area contributed by atoms with E-state index in [4.69, 9.17) is 0 Å². The van der Waals surface area contributed by atoms with Crippen molar-refractivity contribution in [2.45, 2.75) is 25.3 Å². The van der Waals surface area contributed by atoms with E-state index in [-0.39, 0.29) is 0 Å². The first-order valence-electron chi connectivity index (χ1n) is 7.51. The van der Waals surface area contributed by atoms with Gasteiger partial charge in [0.1, 0.15) is 0 Å². The maximum absolute atomic E-state index is 3.77. The molecule has 3 atom stereocenters. The molecule has 2 aromatic carbocycles. The summed E-state index contributed by atoms with van der Waals surface area (Å²) < 4.78 is 1.16. The molecule has 21 heavy (non-hydrogen) atoms. The fourth-order valence-corrected chi connectivity index (χ4v) is 4.05. The van der Waals surface area contributed by atoms with Crippen LogP contribution in [0.15, 0.2) is 59.1 Å². The van der Waals surface area contributed by atoms with Crippen LogP contribution in [-0.4, -0.2) is 0 Å². The van der Waals surface area contributed by atoms with Gasteiger partial charge in [-0.15, -0.1) is 0 Å². The van der Waals surface area contributed by atoms with E-state index < -0.39 is 0 Å². The molecule has 0 spiro atoms. The lowest BCUT2D eigenvalue weighted by Gasteiger charge is -2.37. The van der Waals surface area contributed by atoms with Crippen LogP contribution in [-0.2, 0) is 0 Å². The summed E-state index contributed by atoms with van der Waals surface area (Å²) in [6, 6.07) is 16.0. The Kier molecular flexibility index (Phi) is 3.15. The molecule has 0 saturated carbocycles. The lowest BCUT2D eigenvalue weighted by molar-refractivity contribution is 0.425. The molecular formula is C19H18BrN. The van der Waals surface area contributed by atoms with Crippen molar-refractivity contribution in [2.75, 3.05) is 5.32 Å². The Morgan fingerprint density at radius 1 is 1.10 bits per heavy atom. The molecule has 0 bridgehead atoms. The van der Waals surface area contributed by atoms with Crippen LogP contribution in [0.4, 0.5) is 5.69 Å². The highest BCUT2D eigenvalue weighted by Gasteiger charge is 2.37. The maximum Gasteiger partial charge on any atom is 0.0553 e. The first-order valence-corrected chi connectivity index (χ1v) is 8.31. The van der Waals surface area contributed by atoms with E-state index in [9.17, 15) is 0 Å². The van der Waals surface area contributed by atoms with Gasteiger partial charge in [-0.2, -0.15) is 0 Å². The second-order valence-corrected chi connectivity index (χ2v) is 7.03. The Morgan fingerprint density at radius 2 is 1.90 bits per heavy atom. The van der Waals surface area contributed by atoms with Crippen molar-refractivity contribution in [3.8, 4) is 0 Å². The highest BCUT2D eigenvalue weighted by Crippen LogP contribution is 2.50. The molecule has 1 aliphatic heterocycles. The average Bonchev–Trinajstić information content (AvgIpc) is 2.97. The fraction of sp³-hybridized carbons (Fsp3) is 0.263. The van der Waals surface area contributed by atoms with Crippen molar-refractivity contribution in [3.63, 3.8) is 0 Å². The normalized spacial score (nSPS) is 26.1. The molecule has 0 fully saturated rings. The van der Waals surface area contributed by atoms with E-state index in [2.05, 4.69) is 82.8 Å². The minimum absolute atomic E-state index is 0.402. The minimum atomic E-state index is 0.402. The van der Waals surface area contributed by atoms with Crippen LogP contribution in [0.2, 0.25) is 0 Å². The zero-order valence-corrected chi connectivity index (χ0v) is 13.6. The summed E-state index contributed by atoms with van der Waals surface area (Å²) in [6.07, 6.45) is 5.88. The van der Waals surface area contributed by atoms with Crippen molar-refractivity contribution in [1.29, 1.82) is 0 Å². The summed E-state index contributed by atoms with van der Waals surface area (Å²) in [5, 5.41) is 3.77. The topological polar surface area (TPSA) is 12.0 Å². The van der Waals surface area contributed by atoms with Crippen LogP contribution < -0.4 is 5.32 Å². The number of hydrogen-bond acceptors (Lipinski definition) is 1. The molecule has 2 aromatic rings. The number of hydrogen-bond donors (Lipinski definition) is 1. The molecule has 0 aromatic heterocycles. The second-order valence-electron chi connectivity index (χ2n) is 6.12. The number of allylic oxidation sites excluding steroid dienone is 2. The molecule has 106 valence electrons. The summed E-state index contributed by atoms with van der Waals surface area (Å²) in [7, 11) is 0. The molecule has 0 radical (unpaired) electrons. The Balaban J connectivity index is 1.78. The van der Waals surface area contributed by atoms with Gasteiger partial charge in [0.2, 0.25) is 0 Å². The first-order chi connectivity index (χ1) is 10.2. The third-order valence-corrected chi connectivity index (χ3v) is 5.25. The smallest absolute Gasteiger partial charge is 0.0553 e. The van der Waals surface area contributed by atoms with E-state index in [0.29, 0.717) is 17.9 Å². The number of anilines is 1. The van der Waals surface area contributed by atoms with Gasteiger partial charge >= 0.3 is 0 Å². The predicted molar refractivity (Wildman–Crippen MR) is 91.7 cm³/mol. The van der Waals surface area contributed by atoms with Gasteiger partial charge in [0, 0.05) is 16.1 Å². The van der Waals surface area contributed by atoms with Gasteiger partial charge in [0.25, 0.3) is 0 Å². The van der Waals surface area contributed by atoms with Crippen LogP contribution in [0.5, 0.6) is 0 Å². The monoisotopic (exact) mass is 339 g/mol. The van der Waals surface area contributed by atoms with Crippen LogP contribution in [0.25, 0.3) is 0 Å². The van der Waals surface area contributed by atoms with E-state index in [1.54, 1.807) is 0 Å². The summed E-state index contributed by atoms with van der Waals surface area (Å²) in [5.74, 6) is 1.15. The Labute approximate surface area is 134 Å². The molecule has 2 heteroatoms. The van der Waals surface area contributed by atoms with Gasteiger partial charge < -0.3 is 5.32 Å². The first kappa shape index (κ1) is 13.1. The van der Waals surface area contributed by atoms with Crippen LogP contribution >= 0.6 is 15.9 Å². The van der Waals surface area contributed by atoms with Crippen LogP contribution in [0, 0.1) is 12.8 Å². The van der Waals surface area contributed by atoms with Gasteiger partial charge in [-0.25, -0.2) is 0 Å². The van der Waals surface area contributed by atoms with E-state index in [0.717, 1.165) is 10.9 Å². The lowest BCUT2D eigenvalue weighted by Crippen LogP contribution is -2.29. The number of benzene rings is 2. The Hall–Kier alpha value is -1.54. The van der Waals surface area contributed by atoms with Gasteiger partial charge in [0.05, 0.1) is 6.04 Å². The molecule has 1 nitrogen and oxygen atoms in total. The highest BCUT2D eigenvalue weighted by atomic mass is 79.9. The molecule has 2 aliphatic rings. The van der Waals surface area contributed by atoms with E-state index in [1.165, 1.54) is 22.4 Å². The number of aryl methyl sites for hydroxylation is 1. The molecule has 1 N–H and O–H groups in total. The maximum atomic E-state index is 3.77. The predicted octanol–water partition coefficient (Wildman–Crippen LogP) is 5.58. The molecule has 0 saturated heterocycles. The van der Waals surface area contributed by atoms with E-state index >= 15 is 0 Å². The summed E-state index contributed by atoms with van der Waals surface area (Å²) >= 11 is 3.60. The Morgan fingerprint density at radius 3 is 2.71 bits per heavy atom. The number of rotatable bonds is 1. The summed E-state index contributed by atoms with van der Waals surface area (Å²) in [4.78, 5) is 0. The second kappa shape index (κ2) is 5.03. The van der Waals surface area contributed by atoms with Gasteiger partial charge in [-0.3, -0.25) is 0 Å². The Bertz CT molecular complexity index is 702. The molecule has 0 amide bonds. The highest BCUT2D eigenvalue weighted by molar-refractivity contribution is 9.10. The lowest BCUT2D eigenvalue weighted by atomic mass is 9.77. The molecule has 1 aliphatic carbocycles. The van der Waals surface area contributed by atoms with Gasteiger partial charge in [-0.1, -0.05) is 57.9 Å². The molecule has 1 heterocycles. The van der Waals surface area contributed by atoms with Gasteiger partial charge in [-0.05, 0) is 48.6 Å². The summed E-state index contributed by atoms with van der Waals surface area (Å²) in [6.45, 7) is 2.14. The quantitative estimate of drug-likeness (QED) is 0.668. The minimum Gasteiger partial charge on any atom is -0.378 e. The SMILES string of the molecule is Cc1ccc(C2Nc3ccc(Br)cc3C3C=CCC32)cc1. The number of fused-ring (bicyclic) bond motifs is 3. The number of nitrogens with one attached hydrogen (secondary N) is 1.